The number of halogens is 3. The molecular weight excluding hydrogens is 587 g/mol. The molecule has 3 heterocycles. The average molecular weight is 614 g/mol. The van der Waals surface area contributed by atoms with Crippen molar-refractivity contribution < 1.29 is 37.1 Å². The van der Waals surface area contributed by atoms with Crippen LogP contribution in [-0.2, 0) is 9.47 Å². The third-order valence-corrected chi connectivity index (χ3v) is 7.47. The predicted octanol–water partition coefficient (Wildman–Crippen LogP) is 5.80. The molecule has 2 aliphatic rings. The molecule has 0 bridgehead atoms. The number of hydrogen-bond donors (Lipinski definition) is 2. The number of nitro groups is 1. The quantitative estimate of drug-likeness (QED) is 0.107. The first-order chi connectivity index (χ1) is 21.2. The van der Waals surface area contributed by atoms with Crippen molar-refractivity contribution in [3.63, 3.8) is 0 Å². The Morgan fingerprint density at radius 1 is 1.05 bits per heavy atom. The van der Waals surface area contributed by atoms with Gasteiger partial charge in [0.2, 0.25) is 11.9 Å². The van der Waals surface area contributed by atoms with E-state index >= 15 is 0 Å². The first-order valence-electron chi connectivity index (χ1n) is 13.9. The summed E-state index contributed by atoms with van der Waals surface area (Å²) in [4.78, 5) is 35.9. The van der Waals surface area contributed by atoms with E-state index in [9.17, 15) is 28.1 Å². The first kappa shape index (κ1) is 29.1. The molecule has 230 valence electrons. The molecule has 0 radical (unpaired) electrons. The van der Waals surface area contributed by atoms with E-state index in [1.807, 2.05) is 0 Å². The standard InChI is InChI=1S/C28H26F3N7O6/c29-15-11-21(30)24(22(31)12-15)35-27-34-23-13-32-26(36-25(23)37(27)18-9-10-42-14-18)33-16-1-5-19(6-2-16)43-28(39)44-20-7-3-17(4-8-20)38(40)41/h3-4,7-8,11-13,16,18-19H,1-2,5-6,9-10,14H2,(H,34,35)(H,32,33,36)/t16?,18-,19?/m0/s1. The topological polar surface area (TPSA) is 156 Å². The van der Waals surface area contributed by atoms with Crippen molar-refractivity contribution >= 4 is 40.6 Å². The SMILES string of the molecule is O=C(Oc1ccc([N+](=O)[O-])cc1)OC1CCC(Nc2ncc3nc(Nc4c(F)cc(F)cc4F)n([C@H]4CCOC4)c3n2)CC1. The van der Waals surface area contributed by atoms with Crippen LogP contribution in [0.15, 0.2) is 42.6 Å². The molecule has 1 aliphatic carbocycles. The Morgan fingerprint density at radius 2 is 1.77 bits per heavy atom. The molecule has 1 saturated heterocycles. The second-order valence-corrected chi connectivity index (χ2v) is 10.4. The van der Waals surface area contributed by atoms with Crippen molar-refractivity contribution in [1.82, 2.24) is 19.5 Å². The van der Waals surface area contributed by atoms with Crippen molar-refractivity contribution in [2.75, 3.05) is 23.8 Å². The molecule has 1 aliphatic heterocycles. The van der Waals surface area contributed by atoms with E-state index < -0.39 is 34.2 Å². The molecule has 0 amide bonds. The van der Waals surface area contributed by atoms with E-state index in [-0.39, 0.29) is 35.6 Å². The highest BCUT2D eigenvalue weighted by atomic mass is 19.1. The number of carbonyl (C=O) groups excluding carboxylic acids is 1. The van der Waals surface area contributed by atoms with Gasteiger partial charge in [-0.15, -0.1) is 0 Å². The highest BCUT2D eigenvalue weighted by molar-refractivity contribution is 5.77. The third kappa shape index (κ3) is 6.34. The first-order valence-corrected chi connectivity index (χ1v) is 13.9. The van der Waals surface area contributed by atoms with Crippen molar-refractivity contribution in [2.45, 2.75) is 50.3 Å². The molecule has 16 heteroatoms. The molecule has 6 rings (SSSR count). The summed E-state index contributed by atoms with van der Waals surface area (Å²) >= 11 is 0. The van der Waals surface area contributed by atoms with E-state index in [1.165, 1.54) is 30.5 Å². The van der Waals surface area contributed by atoms with Crippen LogP contribution in [0.2, 0.25) is 0 Å². The van der Waals surface area contributed by atoms with Gasteiger partial charge in [0, 0.05) is 36.9 Å². The monoisotopic (exact) mass is 613 g/mol. The van der Waals surface area contributed by atoms with Gasteiger partial charge in [-0.25, -0.2) is 27.9 Å². The maximum absolute atomic E-state index is 14.4. The van der Waals surface area contributed by atoms with Gasteiger partial charge in [-0.3, -0.25) is 14.7 Å². The lowest BCUT2D eigenvalue weighted by atomic mass is 9.93. The zero-order valence-electron chi connectivity index (χ0n) is 23.0. The second-order valence-electron chi connectivity index (χ2n) is 10.4. The number of carbonyl (C=O) groups is 1. The Labute approximate surface area is 247 Å². The van der Waals surface area contributed by atoms with Crippen molar-refractivity contribution in [2.24, 2.45) is 0 Å². The van der Waals surface area contributed by atoms with Crippen LogP contribution >= 0.6 is 0 Å². The summed E-state index contributed by atoms with van der Waals surface area (Å²) in [5.74, 6) is -2.66. The van der Waals surface area contributed by atoms with E-state index in [4.69, 9.17) is 14.2 Å². The van der Waals surface area contributed by atoms with Gasteiger partial charge in [-0.1, -0.05) is 0 Å². The van der Waals surface area contributed by atoms with Crippen LogP contribution in [-0.4, -0.2) is 56.0 Å². The summed E-state index contributed by atoms with van der Waals surface area (Å²) < 4.78 is 60.1. The summed E-state index contributed by atoms with van der Waals surface area (Å²) in [5, 5.41) is 16.7. The zero-order chi connectivity index (χ0) is 30.8. The summed E-state index contributed by atoms with van der Waals surface area (Å²) in [6.45, 7) is 0.837. The summed E-state index contributed by atoms with van der Waals surface area (Å²) in [7, 11) is 0. The Kier molecular flexibility index (Phi) is 8.15. The van der Waals surface area contributed by atoms with Gasteiger partial charge in [0.1, 0.15) is 28.9 Å². The van der Waals surface area contributed by atoms with Gasteiger partial charge in [0.15, 0.2) is 17.3 Å². The number of nitrogens with one attached hydrogen (secondary N) is 2. The largest absolute Gasteiger partial charge is 0.514 e. The van der Waals surface area contributed by atoms with Gasteiger partial charge < -0.3 is 24.8 Å². The molecule has 0 unspecified atom stereocenters. The smallest absolute Gasteiger partial charge is 0.431 e. The van der Waals surface area contributed by atoms with E-state index in [0.29, 0.717) is 74.6 Å². The zero-order valence-corrected chi connectivity index (χ0v) is 23.0. The van der Waals surface area contributed by atoms with Crippen LogP contribution in [0.1, 0.15) is 38.1 Å². The molecule has 2 aromatic carbocycles. The van der Waals surface area contributed by atoms with Crippen LogP contribution in [0.4, 0.5) is 41.2 Å². The number of rotatable bonds is 8. The lowest BCUT2D eigenvalue weighted by molar-refractivity contribution is -0.384. The third-order valence-electron chi connectivity index (χ3n) is 7.47. The van der Waals surface area contributed by atoms with Crippen LogP contribution in [0.5, 0.6) is 5.75 Å². The van der Waals surface area contributed by atoms with Gasteiger partial charge in [-0.05, 0) is 44.2 Å². The minimum absolute atomic E-state index is 0.0239. The molecule has 2 N–H and O–H groups in total. The fraction of sp³-hybridized carbons (Fsp3) is 0.357. The maximum Gasteiger partial charge on any atom is 0.514 e. The normalized spacial score (nSPS) is 19.9. The Balaban J connectivity index is 1.11. The number of nitrogens with zero attached hydrogens (tertiary/aromatic N) is 5. The predicted molar refractivity (Wildman–Crippen MR) is 149 cm³/mol. The summed E-state index contributed by atoms with van der Waals surface area (Å²) in [6, 6.07) is 6.04. The number of non-ortho nitro benzene ring substituents is 1. The molecule has 0 spiro atoms. The second kappa shape index (κ2) is 12.3. The Hall–Kier alpha value is -4.99. The highest BCUT2D eigenvalue weighted by Crippen LogP contribution is 2.32. The number of fused-ring (bicyclic) bond motifs is 1. The Bertz CT molecular complexity index is 1670. The lowest BCUT2D eigenvalue weighted by Gasteiger charge is -2.28. The van der Waals surface area contributed by atoms with E-state index in [2.05, 4.69) is 25.6 Å². The molecule has 2 aromatic heterocycles. The van der Waals surface area contributed by atoms with Crippen molar-refractivity contribution in [3.8, 4) is 5.75 Å². The fourth-order valence-electron chi connectivity index (χ4n) is 5.29. The molecule has 1 saturated carbocycles. The van der Waals surface area contributed by atoms with Crippen LogP contribution in [0, 0.1) is 27.6 Å². The molecule has 4 aromatic rings. The number of anilines is 3. The number of ether oxygens (including phenoxy) is 3. The number of benzene rings is 2. The Morgan fingerprint density at radius 3 is 2.43 bits per heavy atom. The van der Waals surface area contributed by atoms with Gasteiger partial charge >= 0.3 is 6.16 Å². The number of aromatic nitrogens is 4. The number of hydrogen-bond acceptors (Lipinski definition) is 11. The molecular formula is C28H26F3N7O6. The van der Waals surface area contributed by atoms with Crippen LogP contribution in [0.3, 0.4) is 0 Å². The highest BCUT2D eigenvalue weighted by Gasteiger charge is 2.28. The summed E-state index contributed by atoms with van der Waals surface area (Å²) in [5.41, 5.74) is 0.152. The molecule has 13 nitrogen and oxygen atoms in total. The van der Waals surface area contributed by atoms with E-state index in [1.54, 1.807) is 4.57 Å². The molecule has 44 heavy (non-hydrogen) atoms. The fourth-order valence-corrected chi connectivity index (χ4v) is 5.29. The van der Waals surface area contributed by atoms with Crippen molar-refractivity contribution in [1.29, 1.82) is 0 Å². The minimum Gasteiger partial charge on any atom is -0.431 e. The number of imidazole rings is 1. The number of nitro benzene ring substituents is 1. The maximum atomic E-state index is 14.4. The lowest BCUT2D eigenvalue weighted by Crippen LogP contribution is -2.32. The van der Waals surface area contributed by atoms with Gasteiger partial charge in [0.25, 0.3) is 5.69 Å². The van der Waals surface area contributed by atoms with Crippen molar-refractivity contribution in [3.05, 3.63) is 70.2 Å². The average Bonchev–Trinajstić information content (AvgIpc) is 3.64. The molecule has 2 fully saturated rings. The van der Waals surface area contributed by atoms with Crippen LogP contribution in [0.25, 0.3) is 11.2 Å². The van der Waals surface area contributed by atoms with Gasteiger partial charge in [0.05, 0.1) is 23.8 Å². The van der Waals surface area contributed by atoms with Crippen LogP contribution < -0.4 is 15.4 Å². The molecule has 1 atom stereocenters. The van der Waals surface area contributed by atoms with Gasteiger partial charge in [-0.2, -0.15) is 4.98 Å². The summed E-state index contributed by atoms with van der Waals surface area (Å²) in [6.07, 6.45) is 3.25. The minimum atomic E-state index is -1.10. The van der Waals surface area contributed by atoms with E-state index in [0.717, 1.165) is 0 Å².